The molecule has 0 aliphatic heterocycles. The van der Waals surface area contributed by atoms with E-state index in [1.54, 1.807) is 6.26 Å². The third-order valence-electron chi connectivity index (χ3n) is 6.06. The molecule has 4 rings (SSSR count). The summed E-state index contributed by atoms with van der Waals surface area (Å²) in [6.07, 6.45) is 10.5. The molecule has 156 valence electrons. The maximum absolute atomic E-state index is 13.2. The number of aryl methyl sites for hydroxylation is 1. The molecule has 29 heavy (non-hydrogen) atoms. The zero-order valence-corrected chi connectivity index (χ0v) is 18.2. The van der Waals surface area contributed by atoms with E-state index in [-0.39, 0.29) is 5.91 Å². The lowest BCUT2D eigenvalue weighted by Gasteiger charge is -2.36. The van der Waals surface area contributed by atoms with E-state index in [1.807, 2.05) is 23.6 Å². The van der Waals surface area contributed by atoms with E-state index in [1.165, 1.54) is 24.6 Å². The van der Waals surface area contributed by atoms with Crippen LogP contribution in [0.4, 0.5) is 0 Å². The Balaban J connectivity index is 1.46. The summed E-state index contributed by atoms with van der Waals surface area (Å²) in [6, 6.07) is 2.77. The van der Waals surface area contributed by atoms with E-state index in [9.17, 15) is 4.79 Å². The van der Waals surface area contributed by atoms with Crippen molar-refractivity contribution in [3.05, 3.63) is 30.7 Å². The molecule has 2 fully saturated rings. The molecule has 1 amide bonds. The van der Waals surface area contributed by atoms with Gasteiger partial charge < -0.3 is 9.32 Å². The Hall–Kier alpha value is -2.02. The van der Waals surface area contributed by atoms with Gasteiger partial charge in [0.2, 0.25) is 5.91 Å². The van der Waals surface area contributed by atoms with Gasteiger partial charge in [-0.1, -0.05) is 24.8 Å². The molecule has 0 saturated heterocycles. The van der Waals surface area contributed by atoms with Gasteiger partial charge in [0.15, 0.2) is 11.0 Å². The number of rotatable bonds is 8. The van der Waals surface area contributed by atoms with Gasteiger partial charge in [-0.3, -0.25) is 9.36 Å². The molecule has 0 N–H and O–H groups in total. The van der Waals surface area contributed by atoms with E-state index in [0.717, 1.165) is 53.9 Å². The fraction of sp³-hybridized carbons (Fsp3) is 0.591. The molecule has 2 aliphatic carbocycles. The second-order valence-corrected chi connectivity index (χ2v) is 9.27. The lowest BCUT2D eigenvalue weighted by molar-refractivity contribution is -0.132. The van der Waals surface area contributed by atoms with Gasteiger partial charge in [0.05, 0.1) is 17.6 Å². The van der Waals surface area contributed by atoms with Gasteiger partial charge in [0.1, 0.15) is 5.76 Å². The largest absolute Gasteiger partial charge is 0.469 e. The van der Waals surface area contributed by atoms with Crippen molar-refractivity contribution in [2.45, 2.75) is 76.2 Å². The number of furan rings is 1. The van der Waals surface area contributed by atoms with Crippen molar-refractivity contribution in [2.24, 2.45) is 5.92 Å². The van der Waals surface area contributed by atoms with Gasteiger partial charge in [-0.25, -0.2) is 0 Å². The monoisotopic (exact) mass is 414 g/mol. The first-order valence-corrected chi connectivity index (χ1v) is 11.6. The van der Waals surface area contributed by atoms with Crippen molar-refractivity contribution in [2.75, 3.05) is 5.75 Å². The highest BCUT2D eigenvalue weighted by molar-refractivity contribution is 7.99. The molecule has 0 unspecified atom stereocenters. The highest BCUT2D eigenvalue weighted by atomic mass is 32.2. The molecule has 0 aromatic carbocycles. The van der Waals surface area contributed by atoms with Gasteiger partial charge in [-0.05, 0) is 57.4 Å². The van der Waals surface area contributed by atoms with Crippen LogP contribution in [0.5, 0.6) is 0 Å². The van der Waals surface area contributed by atoms with Crippen molar-refractivity contribution in [3.63, 3.8) is 0 Å². The van der Waals surface area contributed by atoms with Gasteiger partial charge in [-0.2, -0.15) is 0 Å². The van der Waals surface area contributed by atoms with Crippen LogP contribution in [0, 0.1) is 12.8 Å². The Bertz CT molecular complexity index is 862. The first kappa shape index (κ1) is 20.3. The third kappa shape index (κ3) is 4.44. The molecule has 0 radical (unpaired) electrons. The highest BCUT2D eigenvalue weighted by Gasteiger charge is 2.38. The van der Waals surface area contributed by atoms with E-state index in [4.69, 9.17) is 4.42 Å². The number of carbonyl (C=O) groups is 1. The second kappa shape index (κ2) is 8.78. The minimum Gasteiger partial charge on any atom is -0.469 e. The predicted molar refractivity (Wildman–Crippen MR) is 115 cm³/mol. The highest BCUT2D eigenvalue weighted by Crippen LogP contribution is 2.36. The number of allylic oxidation sites excluding steroid dienone is 1. The first-order valence-electron chi connectivity index (χ1n) is 10.6. The second-order valence-electron chi connectivity index (χ2n) is 8.33. The summed E-state index contributed by atoms with van der Waals surface area (Å²) in [5, 5.41) is 9.48. The van der Waals surface area contributed by atoms with E-state index < -0.39 is 0 Å². The van der Waals surface area contributed by atoms with Crippen molar-refractivity contribution in [1.82, 2.24) is 19.7 Å². The molecule has 2 aromatic heterocycles. The summed E-state index contributed by atoms with van der Waals surface area (Å²) < 4.78 is 7.43. The Morgan fingerprint density at radius 3 is 2.55 bits per heavy atom. The number of carbonyl (C=O) groups excluding carboxylic acids is 1. The smallest absolute Gasteiger partial charge is 0.233 e. The van der Waals surface area contributed by atoms with Crippen molar-refractivity contribution >= 4 is 17.7 Å². The maximum Gasteiger partial charge on any atom is 0.233 e. The quantitative estimate of drug-likeness (QED) is 0.463. The summed E-state index contributed by atoms with van der Waals surface area (Å²) in [7, 11) is 0. The lowest BCUT2D eigenvalue weighted by Crippen LogP contribution is -2.44. The van der Waals surface area contributed by atoms with Crippen LogP contribution in [0.1, 0.15) is 51.2 Å². The van der Waals surface area contributed by atoms with Crippen LogP contribution in [-0.2, 0) is 11.3 Å². The lowest BCUT2D eigenvalue weighted by atomic mass is 9.86. The third-order valence-corrected chi connectivity index (χ3v) is 7.01. The summed E-state index contributed by atoms with van der Waals surface area (Å²) in [4.78, 5) is 15.4. The topological polar surface area (TPSA) is 64.2 Å². The summed E-state index contributed by atoms with van der Waals surface area (Å²) in [6.45, 7) is 8.69. The molecule has 2 aliphatic rings. The van der Waals surface area contributed by atoms with Crippen molar-refractivity contribution in [1.29, 1.82) is 0 Å². The van der Waals surface area contributed by atoms with Crippen LogP contribution in [0.15, 0.2) is 34.6 Å². The first-order chi connectivity index (χ1) is 14.1. The Labute approximate surface area is 176 Å². The summed E-state index contributed by atoms with van der Waals surface area (Å²) in [5.41, 5.74) is 0.924. The molecule has 2 saturated carbocycles. The molecule has 2 heterocycles. The van der Waals surface area contributed by atoms with Crippen molar-refractivity contribution in [3.8, 4) is 11.4 Å². The molecule has 0 atom stereocenters. The van der Waals surface area contributed by atoms with E-state index in [0.29, 0.717) is 24.4 Å². The molecule has 6 nitrogen and oxygen atoms in total. The molecular weight excluding hydrogens is 384 g/mol. The van der Waals surface area contributed by atoms with Crippen LogP contribution >= 0.6 is 11.8 Å². The van der Waals surface area contributed by atoms with Crippen LogP contribution < -0.4 is 0 Å². The van der Waals surface area contributed by atoms with Crippen LogP contribution in [0.3, 0.4) is 0 Å². The molecule has 7 heteroatoms. The minimum absolute atomic E-state index is 0.242. The zero-order valence-electron chi connectivity index (χ0n) is 17.3. The fourth-order valence-corrected chi connectivity index (χ4v) is 5.10. The number of thioether (sulfide) groups is 1. The van der Waals surface area contributed by atoms with Crippen LogP contribution in [0.2, 0.25) is 0 Å². The average molecular weight is 415 g/mol. The zero-order chi connectivity index (χ0) is 20.4. The number of nitrogens with zero attached hydrogens (tertiary/aromatic N) is 4. The van der Waals surface area contributed by atoms with Crippen molar-refractivity contribution < 1.29 is 9.21 Å². The van der Waals surface area contributed by atoms with E-state index in [2.05, 4.69) is 28.6 Å². The van der Waals surface area contributed by atoms with Gasteiger partial charge in [0, 0.05) is 18.6 Å². The molecular formula is C22H30N4O2S. The van der Waals surface area contributed by atoms with E-state index >= 15 is 0 Å². The normalized spacial score (nSPS) is 21.9. The standard InChI is InChI=1S/C22H30N4O2S/c1-4-12-25-21(19-11-13-28-16(19)3)23-24-22(25)29-14-20(27)26(18-9-10-18)17-7-5-15(2)6-8-17/h4,11,13,15,17-18H,1,5-10,12,14H2,2-3H3. The van der Waals surface area contributed by atoms with Gasteiger partial charge in [-0.15, -0.1) is 16.8 Å². The Kier molecular flexibility index (Phi) is 6.13. The number of amides is 1. The van der Waals surface area contributed by atoms with Gasteiger partial charge in [0.25, 0.3) is 0 Å². The summed E-state index contributed by atoms with van der Waals surface area (Å²) >= 11 is 1.48. The SMILES string of the molecule is C=CCn1c(SCC(=O)N(C2CCC(C)CC2)C2CC2)nnc1-c1ccoc1C. The van der Waals surface area contributed by atoms with Crippen LogP contribution in [0.25, 0.3) is 11.4 Å². The molecule has 0 bridgehead atoms. The molecule has 2 aromatic rings. The molecule has 0 spiro atoms. The van der Waals surface area contributed by atoms with Crippen LogP contribution in [-0.4, -0.2) is 43.4 Å². The Morgan fingerprint density at radius 2 is 1.97 bits per heavy atom. The number of aromatic nitrogens is 3. The fourth-order valence-electron chi connectivity index (χ4n) is 4.28. The summed E-state index contributed by atoms with van der Waals surface area (Å²) in [5.74, 6) is 3.00. The number of hydrogen-bond donors (Lipinski definition) is 0. The predicted octanol–water partition coefficient (Wildman–Crippen LogP) is 4.69. The Morgan fingerprint density at radius 1 is 1.28 bits per heavy atom. The minimum atomic E-state index is 0.242. The number of hydrogen-bond acceptors (Lipinski definition) is 5. The van der Waals surface area contributed by atoms with Gasteiger partial charge >= 0.3 is 0 Å². The maximum atomic E-state index is 13.2. The average Bonchev–Trinajstić information content (AvgIpc) is 3.33.